The summed E-state index contributed by atoms with van der Waals surface area (Å²) in [6.07, 6.45) is 0. The van der Waals surface area contributed by atoms with E-state index in [4.69, 9.17) is 0 Å². The molecule has 0 aliphatic heterocycles. The fraction of sp³-hybridized carbons (Fsp3) is 0.417. The van der Waals surface area contributed by atoms with E-state index in [0.29, 0.717) is 5.25 Å². The summed E-state index contributed by atoms with van der Waals surface area (Å²) in [5.74, 6) is 0.242. The van der Waals surface area contributed by atoms with E-state index in [0.717, 1.165) is 5.69 Å². The number of hydrogen-bond donors (Lipinski definition) is 1. The fourth-order valence-corrected chi connectivity index (χ4v) is 2.32. The Morgan fingerprint density at radius 3 is 2.38 bits per heavy atom. The number of thiol groups is 1. The molecular weight excluding hydrogens is 238 g/mol. The van der Waals surface area contributed by atoms with E-state index < -0.39 is 0 Å². The van der Waals surface area contributed by atoms with Gasteiger partial charge in [0.15, 0.2) is 0 Å². The Kier molecular flexibility index (Phi) is 5.22. The maximum atomic E-state index is 11.4. The number of rotatable bonds is 4. The highest BCUT2D eigenvalue weighted by Crippen LogP contribution is 2.25. The molecule has 1 aromatic carbocycles. The van der Waals surface area contributed by atoms with Crippen LogP contribution in [0.2, 0.25) is 0 Å². The quantitative estimate of drug-likeness (QED) is 0.659. The molecule has 0 aliphatic carbocycles. The van der Waals surface area contributed by atoms with Crippen LogP contribution in [0, 0.1) is 0 Å². The van der Waals surface area contributed by atoms with Crippen LogP contribution in [-0.4, -0.2) is 24.0 Å². The Labute approximate surface area is 107 Å². The molecule has 1 rings (SSSR count). The Bertz CT molecular complexity index is 349. The van der Waals surface area contributed by atoms with Gasteiger partial charge in [0.25, 0.3) is 0 Å². The number of carbonyl (C=O) groups excluding carboxylic acids is 1. The van der Waals surface area contributed by atoms with E-state index in [1.165, 1.54) is 4.90 Å². The molecular formula is C12H17NOS2. The summed E-state index contributed by atoms with van der Waals surface area (Å²) >= 11 is 5.79. The van der Waals surface area contributed by atoms with Crippen molar-refractivity contribution in [3.05, 3.63) is 24.3 Å². The molecule has 16 heavy (non-hydrogen) atoms. The molecule has 0 bridgehead atoms. The van der Waals surface area contributed by atoms with Crippen molar-refractivity contribution in [1.29, 1.82) is 0 Å². The maximum Gasteiger partial charge on any atom is 0.236 e. The fourth-order valence-electron chi connectivity index (χ4n) is 1.27. The number of carbonyl (C=O) groups is 1. The van der Waals surface area contributed by atoms with Crippen LogP contribution < -0.4 is 4.90 Å². The van der Waals surface area contributed by atoms with Gasteiger partial charge in [-0.2, -0.15) is 12.6 Å². The van der Waals surface area contributed by atoms with Gasteiger partial charge in [0.05, 0.1) is 5.75 Å². The van der Waals surface area contributed by atoms with Gasteiger partial charge in [-0.05, 0) is 24.3 Å². The van der Waals surface area contributed by atoms with Gasteiger partial charge in [0, 0.05) is 22.9 Å². The number of benzene rings is 1. The molecule has 0 N–H and O–H groups in total. The summed E-state index contributed by atoms with van der Waals surface area (Å²) in [7, 11) is 1.77. The number of anilines is 1. The zero-order valence-electron chi connectivity index (χ0n) is 9.80. The van der Waals surface area contributed by atoms with Crippen LogP contribution in [-0.2, 0) is 4.79 Å². The van der Waals surface area contributed by atoms with Crippen molar-refractivity contribution >= 4 is 36.0 Å². The molecule has 4 heteroatoms. The summed E-state index contributed by atoms with van der Waals surface area (Å²) in [5, 5.41) is 0.572. The lowest BCUT2D eigenvalue weighted by Crippen LogP contribution is -2.27. The van der Waals surface area contributed by atoms with E-state index in [-0.39, 0.29) is 11.7 Å². The van der Waals surface area contributed by atoms with Crippen molar-refractivity contribution in [2.24, 2.45) is 0 Å². The Balaban J connectivity index is 2.74. The standard InChI is InChI=1S/C12H17NOS2/c1-9(2)16-11-6-4-10(5-7-11)13(3)12(14)8-15/h4-7,9,15H,8H2,1-3H3. The molecule has 0 fully saturated rings. The van der Waals surface area contributed by atoms with Crippen molar-refractivity contribution < 1.29 is 4.79 Å². The molecule has 1 amide bonds. The largest absolute Gasteiger partial charge is 0.315 e. The average Bonchev–Trinajstić information content (AvgIpc) is 2.27. The third kappa shape index (κ3) is 3.76. The molecule has 0 heterocycles. The van der Waals surface area contributed by atoms with Gasteiger partial charge in [-0.25, -0.2) is 0 Å². The summed E-state index contributed by atoms with van der Waals surface area (Å²) in [6, 6.07) is 8.02. The van der Waals surface area contributed by atoms with Gasteiger partial charge in [0.2, 0.25) is 5.91 Å². The molecule has 2 nitrogen and oxygen atoms in total. The third-order valence-corrected chi connectivity index (χ3v) is 3.39. The Hall–Kier alpha value is -0.610. The smallest absolute Gasteiger partial charge is 0.236 e. The number of thioether (sulfide) groups is 1. The lowest BCUT2D eigenvalue weighted by molar-refractivity contribution is -0.115. The second-order valence-corrected chi connectivity index (χ2v) is 5.74. The number of nitrogens with zero attached hydrogens (tertiary/aromatic N) is 1. The first kappa shape index (κ1) is 13.5. The van der Waals surface area contributed by atoms with Crippen molar-refractivity contribution in [1.82, 2.24) is 0 Å². The second kappa shape index (κ2) is 6.21. The molecule has 0 radical (unpaired) electrons. The van der Waals surface area contributed by atoms with Gasteiger partial charge in [-0.3, -0.25) is 4.79 Å². The van der Waals surface area contributed by atoms with E-state index in [1.54, 1.807) is 11.9 Å². The van der Waals surface area contributed by atoms with E-state index in [9.17, 15) is 4.79 Å². The van der Waals surface area contributed by atoms with Crippen molar-refractivity contribution in [3.8, 4) is 0 Å². The monoisotopic (exact) mass is 255 g/mol. The molecule has 0 spiro atoms. The van der Waals surface area contributed by atoms with Crippen LogP contribution in [0.1, 0.15) is 13.8 Å². The van der Waals surface area contributed by atoms with Gasteiger partial charge >= 0.3 is 0 Å². The molecule has 0 saturated heterocycles. The highest BCUT2D eigenvalue weighted by atomic mass is 32.2. The van der Waals surface area contributed by atoms with Crippen LogP contribution in [0.15, 0.2) is 29.2 Å². The summed E-state index contributed by atoms with van der Waals surface area (Å²) in [5.41, 5.74) is 0.909. The average molecular weight is 255 g/mol. The van der Waals surface area contributed by atoms with Gasteiger partial charge < -0.3 is 4.90 Å². The molecule has 0 aromatic heterocycles. The summed E-state index contributed by atoms with van der Waals surface area (Å²) in [4.78, 5) is 14.3. The van der Waals surface area contributed by atoms with Crippen LogP contribution in [0.5, 0.6) is 0 Å². The lowest BCUT2D eigenvalue weighted by atomic mass is 10.3. The lowest BCUT2D eigenvalue weighted by Gasteiger charge is -2.16. The van der Waals surface area contributed by atoms with Gasteiger partial charge in [-0.15, -0.1) is 11.8 Å². The first-order valence-electron chi connectivity index (χ1n) is 5.18. The summed E-state index contributed by atoms with van der Waals surface area (Å²) < 4.78 is 0. The highest BCUT2D eigenvalue weighted by molar-refractivity contribution is 7.99. The zero-order valence-corrected chi connectivity index (χ0v) is 11.5. The molecule has 0 saturated carbocycles. The van der Waals surface area contributed by atoms with E-state index in [2.05, 4.69) is 26.5 Å². The molecule has 0 unspecified atom stereocenters. The third-order valence-electron chi connectivity index (χ3n) is 2.11. The predicted molar refractivity (Wildman–Crippen MR) is 74.7 cm³/mol. The van der Waals surface area contributed by atoms with E-state index >= 15 is 0 Å². The zero-order chi connectivity index (χ0) is 12.1. The van der Waals surface area contributed by atoms with Crippen LogP contribution in [0.3, 0.4) is 0 Å². The minimum Gasteiger partial charge on any atom is -0.315 e. The highest BCUT2D eigenvalue weighted by Gasteiger charge is 2.08. The molecule has 88 valence electrons. The normalized spacial score (nSPS) is 10.6. The van der Waals surface area contributed by atoms with Crippen LogP contribution >= 0.6 is 24.4 Å². The first-order valence-corrected chi connectivity index (χ1v) is 6.70. The minimum atomic E-state index is 0.00703. The SMILES string of the molecule is CC(C)Sc1ccc(N(C)C(=O)CS)cc1. The van der Waals surface area contributed by atoms with Gasteiger partial charge in [0.1, 0.15) is 0 Å². The van der Waals surface area contributed by atoms with E-state index in [1.807, 2.05) is 36.0 Å². The Morgan fingerprint density at radius 2 is 1.94 bits per heavy atom. The predicted octanol–water partition coefficient (Wildman–Crippen LogP) is 3.08. The van der Waals surface area contributed by atoms with Crippen molar-refractivity contribution in [2.45, 2.75) is 24.0 Å². The maximum absolute atomic E-state index is 11.4. The molecule has 0 aliphatic rings. The van der Waals surface area contributed by atoms with Crippen molar-refractivity contribution in [2.75, 3.05) is 17.7 Å². The first-order chi connectivity index (χ1) is 7.54. The number of hydrogen-bond acceptors (Lipinski definition) is 3. The van der Waals surface area contributed by atoms with Crippen LogP contribution in [0.4, 0.5) is 5.69 Å². The van der Waals surface area contributed by atoms with Crippen molar-refractivity contribution in [3.63, 3.8) is 0 Å². The van der Waals surface area contributed by atoms with Crippen LogP contribution in [0.25, 0.3) is 0 Å². The molecule has 1 aromatic rings. The Morgan fingerprint density at radius 1 is 1.38 bits per heavy atom. The minimum absolute atomic E-state index is 0.00703. The molecule has 0 atom stereocenters. The number of amides is 1. The summed E-state index contributed by atoms with van der Waals surface area (Å²) in [6.45, 7) is 4.32. The topological polar surface area (TPSA) is 20.3 Å². The second-order valence-electron chi connectivity index (χ2n) is 3.77. The van der Waals surface area contributed by atoms with Gasteiger partial charge in [-0.1, -0.05) is 13.8 Å².